The van der Waals surface area contributed by atoms with E-state index in [-0.39, 0.29) is 11.0 Å². The summed E-state index contributed by atoms with van der Waals surface area (Å²) in [7, 11) is -2.90. The highest BCUT2D eigenvalue weighted by Crippen LogP contribution is 2.28. The molecule has 1 aromatic rings. The van der Waals surface area contributed by atoms with Gasteiger partial charge in [0.2, 0.25) is 0 Å². The zero-order valence-electron chi connectivity index (χ0n) is 11.4. The van der Waals surface area contributed by atoms with Crippen LogP contribution < -0.4 is 0 Å². The second kappa shape index (κ2) is 5.04. The normalized spacial score (nSPS) is 19.9. The number of hydrogen-bond donors (Lipinski definition) is 0. The molecule has 1 aliphatic rings. The third-order valence-corrected chi connectivity index (χ3v) is 6.21. The topological polar surface area (TPSA) is 34.1 Å². The number of fused-ring (bicyclic) bond motifs is 1. The summed E-state index contributed by atoms with van der Waals surface area (Å²) in [4.78, 5) is 0. The summed E-state index contributed by atoms with van der Waals surface area (Å²) in [6, 6.07) is 6.56. The molecule has 2 nitrogen and oxygen atoms in total. The maximum absolute atomic E-state index is 12.0. The van der Waals surface area contributed by atoms with Crippen molar-refractivity contribution in [3.63, 3.8) is 0 Å². The summed E-state index contributed by atoms with van der Waals surface area (Å²) in [6.45, 7) is 6.09. The molecule has 100 valence electrons. The fraction of sp³-hybridized carbons (Fsp3) is 0.600. The molecular weight excluding hydrogens is 244 g/mol. The fourth-order valence-corrected chi connectivity index (χ4v) is 4.03. The van der Waals surface area contributed by atoms with Crippen molar-refractivity contribution >= 4 is 9.84 Å². The predicted octanol–water partition coefficient (Wildman–Crippen LogP) is 3.10. The van der Waals surface area contributed by atoms with Gasteiger partial charge in [0.1, 0.15) is 0 Å². The first-order valence-corrected chi connectivity index (χ1v) is 8.49. The zero-order valence-corrected chi connectivity index (χ0v) is 12.3. The molecule has 0 fully saturated rings. The second-order valence-electron chi connectivity index (χ2n) is 5.50. The summed E-state index contributed by atoms with van der Waals surface area (Å²) in [6.07, 6.45) is 2.38. The van der Waals surface area contributed by atoms with Crippen molar-refractivity contribution in [1.82, 2.24) is 0 Å². The summed E-state index contributed by atoms with van der Waals surface area (Å²) < 4.78 is 24.0. The molecule has 1 unspecified atom stereocenters. The summed E-state index contributed by atoms with van der Waals surface area (Å²) in [5, 5.41) is -0.169. The van der Waals surface area contributed by atoms with E-state index in [4.69, 9.17) is 0 Å². The van der Waals surface area contributed by atoms with E-state index in [0.29, 0.717) is 12.3 Å². The van der Waals surface area contributed by atoms with E-state index in [1.165, 1.54) is 16.7 Å². The number of benzene rings is 1. The minimum absolute atomic E-state index is 0.169. The van der Waals surface area contributed by atoms with E-state index in [2.05, 4.69) is 32.0 Å². The van der Waals surface area contributed by atoms with Gasteiger partial charge >= 0.3 is 0 Å². The van der Waals surface area contributed by atoms with Crippen LogP contribution in [0.3, 0.4) is 0 Å². The number of aryl methyl sites for hydroxylation is 1. The first-order valence-electron chi connectivity index (χ1n) is 6.77. The molecular formula is C15H22O2S. The van der Waals surface area contributed by atoms with Crippen LogP contribution in [0.25, 0.3) is 0 Å². The van der Waals surface area contributed by atoms with Gasteiger partial charge in [-0.05, 0) is 41.9 Å². The van der Waals surface area contributed by atoms with Gasteiger partial charge in [0.25, 0.3) is 0 Å². The van der Waals surface area contributed by atoms with Gasteiger partial charge in [0.05, 0.1) is 5.25 Å². The van der Waals surface area contributed by atoms with Gasteiger partial charge in [-0.25, -0.2) is 8.42 Å². The third-order valence-electron chi connectivity index (χ3n) is 3.99. The summed E-state index contributed by atoms with van der Waals surface area (Å²) in [5.41, 5.74) is 3.89. The van der Waals surface area contributed by atoms with Crippen molar-refractivity contribution in [1.29, 1.82) is 0 Å². The van der Waals surface area contributed by atoms with Crippen LogP contribution in [0.2, 0.25) is 0 Å². The monoisotopic (exact) mass is 266 g/mol. The molecule has 18 heavy (non-hydrogen) atoms. The van der Waals surface area contributed by atoms with Crippen LogP contribution >= 0.6 is 0 Å². The molecule has 0 saturated carbocycles. The van der Waals surface area contributed by atoms with E-state index in [1.807, 2.05) is 0 Å². The largest absolute Gasteiger partial charge is 0.229 e. The lowest BCUT2D eigenvalue weighted by Crippen LogP contribution is -2.29. The van der Waals surface area contributed by atoms with Crippen LogP contribution in [0.15, 0.2) is 18.2 Å². The van der Waals surface area contributed by atoms with Gasteiger partial charge in [-0.3, -0.25) is 0 Å². The molecule has 0 aliphatic heterocycles. The molecule has 0 amide bonds. The Hall–Kier alpha value is -0.830. The van der Waals surface area contributed by atoms with Gasteiger partial charge in [0.15, 0.2) is 9.84 Å². The molecule has 0 aromatic heterocycles. The van der Waals surface area contributed by atoms with Gasteiger partial charge in [-0.1, -0.05) is 39.0 Å². The van der Waals surface area contributed by atoms with Gasteiger partial charge in [0, 0.05) is 5.75 Å². The lowest BCUT2D eigenvalue weighted by atomic mass is 9.88. The Bertz CT molecular complexity index is 529. The van der Waals surface area contributed by atoms with Crippen LogP contribution in [0.4, 0.5) is 0 Å². The minimum Gasteiger partial charge on any atom is -0.229 e. The Morgan fingerprint density at radius 1 is 1.28 bits per heavy atom. The summed E-state index contributed by atoms with van der Waals surface area (Å²) >= 11 is 0. The maximum Gasteiger partial charge on any atom is 0.153 e. The molecule has 1 atom stereocenters. The van der Waals surface area contributed by atoms with E-state index in [1.54, 1.807) is 6.92 Å². The van der Waals surface area contributed by atoms with Crippen molar-refractivity contribution in [2.24, 2.45) is 0 Å². The average molecular weight is 266 g/mol. The smallest absolute Gasteiger partial charge is 0.153 e. The fourth-order valence-electron chi connectivity index (χ4n) is 2.64. The highest BCUT2D eigenvalue weighted by molar-refractivity contribution is 7.92. The van der Waals surface area contributed by atoms with Crippen LogP contribution in [-0.2, 0) is 22.7 Å². The van der Waals surface area contributed by atoms with E-state index < -0.39 is 9.84 Å². The first-order chi connectivity index (χ1) is 8.44. The van der Waals surface area contributed by atoms with Gasteiger partial charge < -0.3 is 0 Å². The van der Waals surface area contributed by atoms with Crippen LogP contribution in [0.5, 0.6) is 0 Å². The Morgan fingerprint density at radius 3 is 2.61 bits per heavy atom. The highest BCUT2D eigenvalue weighted by atomic mass is 32.2. The average Bonchev–Trinajstić information content (AvgIpc) is 2.37. The van der Waals surface area contributed by atoms with Gasteiger partial charge in [-0.15, -0.1) is 0 Å². The highest BCUT2D eigenvalue weighted by Gasteiger charge is 2.28. The molecule has 0 saturated heterocycles. The molecule has 0 bridgehead atoms. The van der Waals surface area contributed by atoms with E-state index in [9.17, 15) is 8.42 Å². The lowest BCUT2D eigenvalue weighted by Gasteiger charge is -2.25. The molecule has 0 N–H and O–H groups in total. The van der Waals surface area contributed by atoms with Crippen molar-refractivity contribution in [3.05, 3.63) is 34.9 Å². The standard InChI is InChI=1S/C15H22O2S/c1-4-18(16,17)15-8-7-12-5-6-13(11(2)3)9-14(12)10-15/h5-6,9,11,15H,4,7-8,10H2,1-3H3. The predicted molar refractivity (Wildman–Crippen MR) is 75.8 cm³/mol. The maximum atomic E-state index is 12.0. The molecule has 0 radical (unpaired) electrons. The summed E-state index contributed by atoms with van der Waals surface area (Å²) in [5.74, 6) is 0.759. The quantitative estimate of drug-likeness (QED) is 0.842. The second-order valence-corrected chi connectivity index (χ2v) is 8.07. The molecule has 0 spiro atoms. The van der Waals surface area contributed by atoms with E-state index in [0.717, 1.165) is 12.8 Å². The third kappa shape index (κ3) is 2.61. The van der Waals surface area contributed by atoms with E-state index >= 15 is 0 Å². The number of rotatable bonds is 3. The number of hydrogen-bond acceptors (Lipinski definition) is 2. The Labute approximate surface area is 110 Å². The first kappa shape index (κ1) is 13.6. The lowest BCUT2D eigenvalue weighted by molar-refractivity contribution is 0.562. The molecule has 1 aromatic carbocycles. The molecule has 3 heteroatoms. The molecule has 2 rings (SSSR count). The Kier molecular flexibility index (Phi) is 3.81. The van der Waals surface area contributed by atoms with Crippen molar-refractivity contribution in [2.45, 2.75) is 51.2 Å². The SMILES string of the molecule is CCS(=O)(=O)C1CCc2ccc(C(C)C)cc2C1. The van der Waals surface area contributed by atoms with Crippen LogP contribution in [0, 0.1) is 0 Å². The van der Waals surface area contributed by atoms with Crippen LogP contribution in [0.1, 0.15) is 49.8 Å². The molecule has 1 aliphatic carbocycles. The number of sulfone groups is 1. The van der Waals surface area contributed by atoms with Crippen molar-refractivity contribution in [3.8, 4) is 0 Å². The Balaban J connectivity index is 2.30. The van der Waals surface area contributed by atoms with Crippen molar-refractivity contribution < 1.29 is 8.42 Å². The Morgan fingerprint density at radius 2 is 2.00 bits per heavy atom. The zero-order chi connectivity index (χ0) is 13.3. The molecule has 0 heterocycles. The minimum atomic E-state index is -2.90. The van der Waals surface area contributed by atoms with Gasteiger partial charge in [-0.2, -0.15) is 0 Å². The van der Waals surface area contributed by atoms with Crippen LogP contribution in [-0.4, -0.2) is 19.4 Å². The van der Waals surface area contributed by atoms with Crippen molar-refractivity contribution in [2.75, 3.05) is 5.75 Å².